The second kappa shape index (κ2) is 9.22. The van der Waals surface area contributed by atoms with Crippen LogP contribution >= 0.6 is 24.0 Å². The normalized spacial score (nSPS) is 11.7. The van der Waals surface area contributed by atoms with Crippen LogP contribution in [0, 0.1) is 0 Å². The van der Waals surface area contributed by atoms with E-state index in [1.54, 1.807) is 0 Å². The molecule has 0 fully saturated rings. The lowest BCUT2D eigenvalue weighted by Gasteiger charge is -2.17. The van der Waals surface area contributed by atoms with Crippen molar-refractivity contribution in [2.24, 2.45) is 10.7 Å². The van der Waals surface area contributed by atoms with Crippen LogP contribution in [0.15, 0.2) is 4.99 Å². The highest BCUT2D eigenvalue weighted by Gasteiger charge is 2.30. The SMILES string of the molecule is CCCNC(N)=NCC(=O)N(C)CC(F)(F)F.I. The lowest BCUT2D eigenvalue weighted by molar-refractivity contribution is -0.157. The van der Waals surface area contributed by atoms with Crippen molar-refractivity contribution in [2.75, 3.05) is 26.7 Å². The summed E-state index contributed by atoms with van der Waals surface area (Å²) in [5, 5.41) is 2.71. The van der Waals surface area contributed by atoms with E-state index in [-0.39, 0.29) is 29.9 Å². The fraction of sp³-hybridized carbons (Fsp3) is 0.778. The minimum atomic E-state index is -4.40. The van der Waals surface area contributed by atoms with Crippen molar-refractivity contribution >= 4 is 35.8 Å². The molecule has 1 amide bonds. The Kier molecular flexibility index (Phi) is 10.0. The van der Waals surface area contributed by atoms with E-state index in [2.05, 4.69) is 10.3 Å². The molecule has 0 aliphatic rings. The number of alkyl halides is 3. The van der Waals surface area contributed by atoms with Crippen LogP contribution in [0.2, 0.25) is 0 Å². The average Bonchev–Trinajstić information content (AvgIpc) is 2.20. The minimum absolute atomic E-state index is 0. The fourth-order valence-electron chi connectivity index (χ4n) is 0.940. The Hall–Kier alpha value is -0.740. The van der Waals surface area contributed by atoms with E-state index in [4.69, 9.17) is 5.73 Å². The van der Waals surface area contributed by atoms with E-state index in [1.165, 1.54) is 0 Å². The van der Waals surface area contributed by atoms with Gasteiger partial charge >= 0.3 is 6.18 Å². The highest BCUT2D eigenvalue weighted by molar-refractivity contribution is 14.0. The molecule has 0 aliphatic heterocycles. The van der Waals surface area contributed by atoms with Crippen molar-refractivity contribution in [1.29, 1.82) is 0 Å². The largest absolute Gasteiger partial charge is 0.406 e. The third-order valence-electron chi connectivity index (χ3n) is 1.78. The molecule has 0 unspecified atom stereocenters. The zero-order chi connectivity index (χ0) is 13.5. The van der Waals surface area contributed by atoms with Crippen LogP contribution in [0.25, 0.3) is 0 Å². The highest BCUT2D eigenvalue weighted by atomic mass is 127. The molecule has 9 heteroatoms. The molecule has 108 valence electrons. The number of amides is 1. The lowest BCUT2D eigenvalue weighted by Crippen LogP contribution is -2.38. The second-order valence-electron chi connectivity index (χ2n) is 3.49. The number of hydrogen-bond acceptors (Lipinski definition) is 2. The maximum Gasteiger partial charge on any atom is 0.406 e. The molecular weight excluding hydrogens is 364 g/mol. The number of guanidine groups is 1. The lowest BCUT2D eigenvalue weighted by atomic mass is 10.4. The molecule has 0 aliphatic carbocycles. The van der Waals surface area contributed by atoms with Crippen LogP contribution in [-0.4, -0.2) is 49.6 Å². The number of aliphatic imine (C=N–C) groups is 1. The Morgan fingerprint density at radius 1 is 1.44 bits per heavy atom. The molecule has 0 saturated heterocycles. The summed E-state index contributed by atoms with van der Waals surface area (Å²) in [7, 11) is 1.07. The number of nitrogens with one attached hydrogen (secondary N) is 1. The first-order valence-corrected chi connectivity index (χ1v) is 5.10. The van der Waals surface area contributed by atoms with Crippen molar-refractivity contribution in [3.63, 3.8) is 0 Å². The van der Waals surface area contributed by atoms with Gasteiger partial charge in [0.25, 0.3) is 0 Å². The maximum atomic E-state index is 12.0. The molecule has 0 aromatic carbocycles. The molecule has 0 saturated carbocycles. The summed E-state index contributed by atoms with van der Waals surface area (Å²) in [6, 6.07) is 0. The Bertz CT molecular complexity index is 283. The van der Waals surface area contributed by atoms with Gasteiger partial charge in [-0.05, 0) is 6.42 Å². The van der Waals surface area contributed by atoms with Crippen molar-refractivity contribution in [3.05, 3.63) is 0 Å². The van der Waals surface area contributed by atoms with Crippen LogP contribution in [0.1, 0.15) is 13.3 Å². The number of nitrogens with zero attached hydrogens (tertiary/aromatic N) is 2. The molecule has 0 aromatic rings. The number of halogens is 4. The number of nitrogens with two attached hydrogens (primary N) is 1. The number of hydrogen-bond donors (Lipinski definition) is 2. The molecule has 0 spiro atoms. The predicted molar refractivity (Wildman–Crippen MR) is 73.9 cm³/mol. The summed E-state index contributed by atoms with van der Waals surface area (Å²) in [4.78, 5) is 15.4. The quantitative estimate of drug-likeness (QED) is 0.423. The smallest absolute Gasteiger partial charge is 0.370 e. The summed E-state index contributed by atoms with van der Waals surface area (Å²) < 4.78 is 35.9. The summed E-state index contributed by atoms with van der Waals surface area (Å²) >= 11 is 0. The standard InChI is InChI=1S/C9H17F3N4O.HI/c1-3-4-14-8(13)15-5-7(17)16(2)6-9(10,11)12;/h3-6H2,1-2H3,(H3,13,14,15);1H. The molecular formula is C9H18F3IN4O. The molecule has 0 atom stereocenters. The first kappa shape index (κ1) is 19.6. The fourth-order valence-corrected chi connectivity index (χ4v) is 0.940. The zero-order valence-electron chi connectivity index (χ0n) is 10.3. The Labute approximate surface area is 121 Å². The molecule has 0 rings (SSSR count). The Morgan fingerprint density at radius 2 is 2.00 bits per heavy atom. The predicted octanol–water partition coefficient (Wildman–Crippen LogP) is 0.939. The van der Waals surface area contributed by atoms with Gasteiger partial charge in [-0.25, -0.2) is 4.99 Å². The first-order chi connectivity index (χ1) is 7.76. The van der Waals surface area contributed by atoms with Crippen LogP contribution in [-0.2, 0) is 4.79 Å². The molecule has 5 nitrogen and oxygen atoms in total. The van der Waals surface area contributed by atoms with Crippen LogP contribution in [0.4, 0.5) is 13.2 Å². The highest BCUT2D eigenvalue weighted by Crippen LogP contribution is 2.15. The average molecular weight is 382 g/mol. The molecule has 0 aromatic heterocycles. The van der Waals surface area contributed by atoms with Crippen molar-refractivity contribution in [2.45, 2.75) is 19.5 Å². The maximum absolute atomic E-state index is 12.0. The molecule has 3 N–H and O–H groups in total. The van der Waals surface area contributed by atoms with Gasteiger partial charge in [0.05, 0.1) is 0 Å². The number of carbonyl (C=O) groups is 1. The van der Waals surface area contributed by atoms with Gasteiger partial charge in [0, 0.05) is 13.6 Å². The third kappa shape index (κ3) is 10.4. The number of carbonyl (C=O) groups excluding carboxylic acids is 1. The molecule has 0 heterocycles. The van der Waals surface area contributed by atoms with E-state index >= 15 is 0 Å². The minimum Gasteiger partial charge on any atom is -0.370 e. The first-order valence-electron chi connectivity index (χ1n) is 5.10. The summed E-state index contributed by atoms with van der Waals surface area (Å²) in [5.74, 6) is -0.677. The summed E-state index contributed by atoms with van der Waals surface area (Å²) in [6.07, 6.45) is -3.57. The third-order valence-corrected chi connectivity index (χ3v) is 1.78. The van der Waals surface area contributed by atoms with E-state index in [0.717, 1.165) is 13.5 Å². The van der Waals surface area contributed by atoms with Gasteiger partial charge in [0.2, 0.25) is 5.91 Å². The molecule has 18 heavy (non-hydrogen) atoms. The monoisotopic (exact) mass is 382 g/mol. The van der Waals surface area contributed by atoms with E-state index in [1.807, 2.05) is 6.92 Å². The van der Waals surface area contributed by atoms with Gasteiger partial charge in [-0.1, -0.05) is 6.92 Å². The molecule has 0 radical (unpaired) electrons. The van der Waals surface area contributed by atoms with Crippen molar-refractivity contribution in [3.8, 4) is 0 Å². The van der Waals surface area contributed by atoms with Crippen LogP contribution in [0.3, 0.4) is 0 Å². The van der Waals surface area contributed by atoms with Gasteiger partial charge in [0.15, 0.2) is 5.96 Å². The van der Waals surface area contributed by atoms with Crippen LogP contribution < -0.4 is 11.1 Å². The second-order valence-corrected chi connectivity index (χ2v) is 3.49. The van der Waals surface area contributed by atoms with E-state index in [9.17, 15) is 18.0 Å². The van der Waals surface area contributed by atoms with E-state index < -0.39 is 25.2 Å². The summed E-state index contributed by atoms with van der Waals surface area (Å²) in [5.41, 5.74) is 5.38. The topological polar surface area (TPSA) is 70.7 Å². The number of rotatable bonds is 5. The number of likely N-dealkylation sites (N-methyl/N-ethyl adjacent to an activating group) is 1. The van der Waals surface area contributed by atoms with Gasteiger partial charge in [-0.2, -0.15) is 13.2 Å². The summed E-state index contributed by atoms with van der Waals surface area (Å²) in [6.45, 7) is 0.837. The molecule has 0 bridgehead atoms. The van der Waals surface area contributed by atoms with Crippen molar-refractivity contribution < 1.29 is 18.0 Å². The van der Waals surface area contributed by atoms with Gasteiger partial charge < -0.3 is 16.0 Å². The van der Waals surface area contributed by atoms with Gasteiger partial charge in [-0.15, -0.1) is 24.0 Å². The zero-order valence-corrected chi connectivity index (χ0v) is 12.6. The van der Waals surface area contributed by atoms with E-state index in [0.29, 0.717) is 11.4 Å². The van der Waals surface area contributed by atoms with Crippen molar-refractivity contribution in [1.82, 2.24) is 10.2 Å². The van der Waals surface area contributed by atoms with Gasteiger partial charge in [-0.3, -0.25) is 4.79 Å². The van der Waals surface area contributed by atoms with Gasteiger partial charge in [0.1, 0.15) is 13.1 Å². The Morgan fingerprint density at radius 3 is 2.44 bits per heavy atom. The Balaban J connectivity index is 0. The van der Waals surface area contributed by atoms with Crippen LogP contribution in [0.5, 0.6) is 0 Å².